The Labute approximate surface area is 136 Å². The fourth-order valence-electron chi connectivity index (χ4n) is 2.20. The lowest BCUT2D eigenvalue weighted by molar-refractivity contribution is -0.121. The molecule has 0 atom stereocenters. The van der Waals surface area contributed by atoms with Crippen LogP contribution in [0, 0.1) is 13.8 Å². The Bertz CT molecular complexity index is 686. The van der Waals surface area contributed by atoms with Gasteiger partial charge in [0.05, 0.1) is 18.5 Å². The molecule has 6 heteroatoms. The topological polar surface area (TPSA) is 62.5 Å². The molecule has 0 aliphatic carbocycles. The minimum atomic E-state index is -0.126. The molecule has 0 saturated carbocycles. The molecule has 1 amide bonds. The highest BCUT2D eigenvalue weighted by Crippen LogP contribution is 2.10. The predicted molar refractivity (Wildman–Crippen MR) is 92.8 cm³/mol. The maximum atomic E-state index is 11.8. The zero-order chi connectivity index (χ0) is 16.8. The van der Waals surface area contributed by atoms with Crippen molar-refractivity contribution < 1.29 is 4.79 Å². The summed E-state index contributed by atoms with van der Waals surface area (Å²) >= 11 is 0. The summed E-state index contributed by atoms with van der Waals surface area (Å²) in [5, 5.41) is 8.31. The maximum Gasteiger partial charge on any atom is 0.241 e. The summed E-state index contributed by atoms with van der Waals surface area (Å²) in [6.45, 7) is 4.47. The van der Waals surface area contributed by atoms with E-state index in [4.69, 9.17) is 0 Å². The van der Waals surface area contributed by atoms with Crippen molar-refractivity contribution in [1.29, 1.82) is 0 Å². The van der Waals surface area contributed by atoms with Gasteiger partial charge >= 0.3 is 0 Å². The molecule has 1 aromatic heterocycles. The number of aryl methyl sites for hydroxylation is 3. The van der Waals surface area contributed by atoms with Gasteiger partial charge in [-0.2, -0.15) is 10.2 Å². The highest BCUT2D eigenvalue weighted by atomic mass is 16.2. The number of anilines is 1. The fraction of sp³-hybridized carbons (Fsp3) is 0.353. The number of nitrogens with one attached hydrogen (secondary N) is 1. The van der Waals surface area contributed by atoms with Gasteiger partial charge in [-0.15, -0.1) is 0 Å². The number of rotatable bonds is 6. The van der Waals surface area contributed by atoms with Crippen molar-refractivity contribution in [1.82, 2.24) is 15.2 Å². The molecule has 0 saturated heterocycles. The zero-order valence-corrected chi connectivity index (χ0v) is 14.1. The van der Waals surface area contributed by atoms with E-state index in [9.17, 15) is 4.79 Å². The normalized spacial score (nSPS) is 11.0. The number of benzene rings is 1. The second kappa shape index (κ2) is 7.58. The summed E-state index contributed by atoms with van der Waals surface area (Å²) in [6.07, 6.45) is 1.99. The zero-order valence-electron chi connectivity index (χ0n) is 14.1. The van der Waals surface area contributed by atoms with Crippen molar-refractivity contribution in [2.75, 3.05) is 19.0 Å². The molecule has 0 spiro atoms. The minimum Gasteiger partial charge on any atom is -0.378 e. The average Bonchev–Trinajstić information content (AvgIpc) is 2.83. The molecule has 1 N–H and O–H groups in total. The molecule has 0 unspecified atom stereocenters. The number of hydrogen-bond acceptors (Lipinski definition) is 4. The Morgan fingerprint density at radius 3 is 2.57 bits per heavy atom. The largest absolute Gasteiger partial charge is 0.378 e. The molecule has 0 aliphatic heterocycles. The summed E-state index contributed by atoms with van der Waals surface area (Å²) in [5.74, 6) is -0.126. The number of amides is 1. The SMILES string of the molecule is Cc1cc(C)n(CCC(=O)NN=Cc2ccc(N(C)C)cc2)n1. The summed E-state index contributed by atoms with van der Waals surface area (Å²) in [5.41, 5.74) is 6.62. The lowest BCUT2D eigenvalue weighted by Gasteiger charge is -2.11. The van der Waals surface area contributed by atoms with Gasteiger partial charge in [0, 0.05) is 31.9 Å². The lowest BCUT2D eigenvalue weighted by Crippen LogP contribution is -2.20. The highest BCUT2D eigenvalue weighted by Gasteiger charge is 2.04. The molecule has 2 aromatic rings. The molecule has 0 bridgehead atoms. The molecular weight excluding hydrogens is 290 g/mol. The molecular formula is C17H23N5O. The Morgan fingerprint density at radius 2 is 2.00 bits per heavy atom. The quantitative estimate of drug-likeness (QED) is 0.656. The number of hydrogen-bond donors (Lipinski definition) is 1. The molecule has 6 nitrogen and oxygen atoms in total. The molecule has 0 radical (unpaired) electrons. The van der Waals surface area contributed by atoms with E-state index < -0.39 is 0 Å². The van der Waals surface area contributed by atoms with Gasteiger partial charge in [0.25, 0.3) is 0 Å². The van der Waals surface area contributed by atoms with E-state index in [1.165, 1.54) is 0 Å². The van der Waals surface area contributed by atoms with Crippen molar-refractivity contribution in [2.24, 2.45) is 5.10 Å². The van der Waals surface area contributed by atoms with Gasteiger partial charge in [-0.05, 0) is 37.6 Å². The number of aromatic nitrogens is 2. The molecule has 1 aromatic carbocycles. The summed E-state index contributed by atoms with van der Waals surface area (Å²) < 4.78 is 1.83. The van der Waals surface area contributed by atoms with E-state index in [1.54, 1.807) is 6.21 Å². The first-order chi connectivity index (χ1) is 11.0. The van der Waals surface area contributed by atoms with Crippen molar-refractivity contribution in [2.45, 2.75) is 26.8 Å². The van der Waals surface area contributed by atoms with Crippen LogP contribution in [0.15, 0.2) is 35.4 Å². The van der Waals surface area contributed by atoms with Crippen LogP contribution in [0.25, 0.3) is 0 Å². The van der Waals surface area contributed by atoms with Crippen LogP contribution in [0.1, 0.15) is 23.4 Å². The summed E-state index contributed by atoms with van der Waals surface area (Å²) in [7, 11) is 3.98. The van der Waals surface area contributed by atoms with Gasteiger partial charge in [0.1, 0.15) is 0 Å². The smallest absolute Gasteiger partial charge is 0.241 e. The number of carbonyl (C=O) groups excluding carboxylic acids is 1. The van der Waals surface area contributed by atoms with Crippen molar-refractivity contribution in [3.8, 4) is 0 Å². The van der Waals surface area contributed by atoms with Crippen LogP contribution < -0.4 is 10.3 Å². The van der Waals surface area contributed by atoms with Crippen LogP contribution in [0.4, 0.5) is 5.69 Å². The average molecular weight is 313 g/mol. The molecule has 0 fully saturated rings. The van der Waals surface area contributed by atoms with E-state index in [-0.39, 0.29) is 5.91 Å². The van der Waals surface area contributed by atoms with Crippen LogP contribution >= 0.6 is 0 Å². The second-order valence-electron chi connectivity index (χ2n) is 5.68. The van der Waals surface area contributed by atoms with Gasteiger partial charge in [-0.25, -0.2) is 5.43 Å². The monoisotopic (exact) mass is 313 g/mol. The summed E-state index contributed by atoms with van der Waals surface area (Å²) in [6, 6.07) is 9.92. The molecule has 0 aliphatic rings. The van der Waals surface area contributed by atoms with Crippen LogP contribution in [-0.2, 0) is 11.3 Å². The van der Waals surface area contributed by atoms with E-state index in [2.05, 4.69) is 15.6 Å². The van der Waals surface area contributed by atoms with Crippen molar-refractivity contribution in [3.63, 3.8) is 0 Å². The van der Waals surface area contributed by atoms with Crippen LogP contribution in [0.5, 0.6) is 0 Å². The third-order valence-electron chi connectivity index (χ3n) is 3.47. The Kier molecular flexibility index (Phi) is 5.51. The van der Waals surface area contributed by atoms with Crippen LogP contribution in [-0.4, -0.2) is 36.0 Å². The first-order valence-electron chi connectivity index (χ1n) is 7.56. The lowest BCUT2D eigenvalue weighted by atomic mass is 10.2. The van der Waals surface area contributed by atoms with Gasteiger partial charge < -0.3 is 4.90 Å². The molecule has 1 heterocycles. The van der Waals surface area contributed by atoms with E-state index in [0.29, 0.717) is 13.0 Å². The van der Waals surface area contributed by atoms with Crippen LogP contribution in [0.2, 0.25) is 0 Å². The van der Waals surface area contributed by atoms with Gasteiger partial charge in [-0.1, -0.05) is 12.1 Å². The highest BCUT2D eigenvalue weighted by molar-refractivity contribution is 5.82. The van der Waals surface area contributed by atoms with Crippen molar-refractivity contribution >= 4 is 17.8 Å². The van der Waals surface area contributed by atoms with E-state index in [1.807, 2.05) is 67.9 Å². The standard InChI is InChI=1S/C17H23N5O/c1-13-11-14(2)22(20-13)10-9-17(23)19-18-12-15-5-7-16(8-6-15)21(3)4/h5-8,11-12H,9-10H2,1-4H3,(H,19,23). The number of carbonyl (C=O) groups is 1. The minimum absolute atomic E-state index is 0.126. The van der Waals surface area contributed by atoms with Gasteiger partial charge in [0.2, 0.25) is 5.91 Å². The third kappa shape index (κ3) is 4.95. The molecule has 2 rings (SSSR count). The fourth-order valence-corrected chi connectivity index (χ4v) is 2.20. The van der Waals surface area contributed by atoms with Gasteiger partial charge in [0.15, 0.2) is 0 Å². The first kappa shape index (κ1) is 16.7. The Morgan fingerprint density at radius 1 is 1.30 bits per heavy atom. The van der Waals surface area contributed by atoms with E-state index >= 15 is 0 Å². The molecule has 23 heavy (non-hydrogen) atoms. The first-order valence-corrected chi connectivity index (χ1v) is 7.56. The van der Waals surface area contributed by atoms with Crippen LogP contribution in [0.3, 0.4) is 0 Å². The maximum absolute atomic E-state index is 11.8. The van der Waals surface area contributed by atoms with Crippen molar-refractivity contribution in [3.05, 3.63) is 47.3 Å². The number of nitrogens with zero attached hydrogens (tertiary/aromatic N) is 4. The molecule has 122 valence electrons. The number of hydrazone groups is 1. The summed E-state index contributed by atoms with van der Waals surface area (Å²) in [4.78, 5) is 13.8. The Hall–Kier alpha value is -2.63. The second-order valence-corrected chi connectivity index (χ2v) is 5.68. The third-order valence-corrected chi connectivity index (χ3v) is 3.47. The predicted octanol–water partition coefficient (Wildman–Crippen LogP) is 2.11. The van der Waals surface area contributed by atoms with E-state index in [0.717, 1.165) is 22.6 Å². The Balaban J connectivity index is 1.80. The van der Waals surface area contributed by atoms with Gasteiger partial charge in [-0.3, -0.25) is 9.48 Å².